The lowest BCUT2D eigenvalue weighted by molar-refractivity contribution is -0.130. The lowest BCUT2D eigenvalue weighted by Gasteiger charge is -2.23. The van der Waals surface area contributed by atoms with E-state index in [1.807, 2.05) is 6.92 Å². The fourth-order valence-electron chi connectivity index (χ4n) is 4.03. The zero-order chi connectivity index (χ0) is 23.5. The Labute approximate surface area is 187 Å². The van der Waals surface area contributed by atoms with Gasteiger partial charge >= 0.3 is 12.2 Å². The molecule has 0 saturated carbocycles. The largest absolute Gasteiger partial charge is 0.465 e. The van der Waals surface area contributed by atoms with Crippen molar-refractivity contribution in [2.45, 2.75) is 43.2 Å². The average molecular weight is 468 g/mol. The molecule has 0 aromatic heterocycles. The number of cyclic esters (lactones) is 1. The zero-order valence-corrected chi connectivity index (χ0v) is 19.1. The van der Waals surface area contributed by atoms with Crippen LogP contribution in [0.5, 0.6) is 0 Å². The molecule has 2 unspecified atom stereocenters. The highest BCUT2D eigenvalue weighted by molar-refractivity contribution is 7.90. The number of hydrogen-bond acceptors (Lipinski definition) is 6. The van der Waals surface area contributed by atoms with Gasteiger partial charge in [0.15, 0.2) is 9.84 Å². The molecule has 32 heavy (non-hydrogen) atoms. The van der Waals surface area contributed by atoms with Gasteiger partial charge in [-0.1, -0.05) is 12.1 Å². The van der Waals surface area contributed by atoms with Crippen molar-refractivity contribution in [3.05, 3.63) is 29.8 Å². The van der Waals surface area contributed by atoms with Crippen molar-refractivity contribution in [1.29, 1.82) is 0 Å². The summed E-state index contributed by atoms with van der Waals surface area (Å²) in [6.07, 6.45) is 0.768. The lowest BCUT2D eigenvalue weighted by Crippen LogP contribution is -2.36. The number of nitrogens with zero attached hydrogens (tertiary/aromatic N) is 3. The average Bonchev–Trinajstić information content (AvgIpc) is 2.89. The summed E-state index contributed by atoms with van der Waals surface area (Å²) in [4.78, 5) is 40.5. The van der Waals surface area contributed by atoms with E-state index >= 15 is 0 Å². The minimum atomic E-state index is -3.29. The van der Waals surface area contributed by atoms with E-state index in [0.29, 0.717) is 39.0 Å². The Morgan fingerprint density at radius 2 is 1.75 bits per heavy atom. The van der Waals surface area contributed by atoms with Gasteiger partial charge in [-0.25, -0.2) is 18.0 Å². The third-order valence-electron chi connectivity index (χ3n) is 5.96. The molecule has 3 amide bonds. The highest BCUT2D eigenvalue weighted by Gasteiger charge is 2.39. The van der Waals surface area contributed by atoms with Gasteiger partial charge in [0, 0.05) is 45.4 Å². The van der Waals surface area contributed by atoms with Gasteiger partial charge in [-0.3, -0.25) is 4.79 Å². The van der Waals surface area contributed by atoms with Gasteiger partial charge < -0.3 is 24.5 Å². The number of benzene rings is 1. The molecule has 2 aliphatic rings. The first-order valence-electron chi connectivity index (χ1n) is 10.6. The Kier molecular flexibility index (Phi) is 7.27. The number of rotatable bonds is 7. The molecule has 0 spiro atoms. The maximum Gasteiger partial charge on any atom is 0.410 e. The third kappa shape index (κ3) is 5.50. The first kappa shape index (κ1) is 23.8. The van der Waals surface area contributed by atoms with Crippen LogP contribution in [0.15, 0.2) is 29.2 Å². The fourth-order valence-corrected chi connectivity index (χ4v) is 4.66. The first-order valence-corrected chi connectivity index (χ1v) is 12.5. The first-order chi connectivity index (χ1) is 15.1. The predicted octanol–water partition coefficient (Wildman–Crippen LogP) is 1.96. The van der Waals surface area contributed by atoms with Crippen LogP contribution in [-0.2, 0) is 19.4 Å². The quantitative estimate of drug-likeness (QED) is 0.608. The van der Waals surface area contributed by atoms with Crippen LogP contribution in [0.1, 0.15) is 37.9 Å². The van der Waals surface area contributed by atoms with Crippen molar-refractivity contribution >= 4 is 27.9 Å². The van der Waals surface area contributed by atoms with Crippen LogP contribution in [-0.4, -0.2) is 91.3 Å². The number of carbonyl (C=O) groups is 3. The molecule has 2 fully saturated rings. The molecule has 11 heteroatoms. The molecule has 1 N–H and O–H groups in total. The number of sulfone groups is 1. The van der Waals surface area contributed by atoms with E-state index in [1.165, 1.54) is 17.0 Å². The summed E-state index contributed by atoms with van der Waals surface area (Å²) in [6.45, 7) is 3.77. The number of ether oxygens (including phenoxy) is 1. The standard InChI is InChI=1S/C21H29N3O7S/c1-15-19(16-5-7-17(8-6-16)32(2,29)30)31-21(28)24(15)11-4-3-10-22-13-14-23(20(26)27)12-9-18(22)25/h5-8,15,19H,3-4,9-14H2,1-2H3,(H,26,27). The van der Waals surface area contributed by atoms with Crippen molar-refractivity contribution in [1.82, 2.24) is 14.7 Å². The smallest absolute Gasteiger partial charge is 0.410 e. The second-order valence-electron chi connectivity index (χ2n) is 8.19. The summed E-state index contributed by atoms with van der Waals surface area (Å²) in [5, 5.41) is 9.09. The fraction of sp³-hybridized carbons (Fsp3) is 0.571. The van der Waals surface area contributed by atoms with Crippen LogP contribution in [0.3, 0.4) is 0 Å². The van der Waals surface area contributed by atoms with Crippen LogP contribution in [0, 0.1) is 0 Å². The second kappa shape index (κ2) is 9.76. The third-order valence-corrected chi connectivity index (χ3v) is 7.09. The minimum Gasteiger partial charge on any atom is -0.465 e. The van der Waals surface area contributed by atoms with Gasteiger partial charge in [-0.05, 0) is 37.5 Å². The van der Waals surface area contributed by atoms with E-state index in [1.54, 1.807) is 21.9 Å². The second-order valence-corrected chi connectivity index (χ2v) is 10.2. The molecule has 10 nitrogen and oxygen atoms in total. The molecule has 2 saturated heterocycles. The molecular formula is C21H29N3O7S. The molecule has 0 radical (unpaired) electrons. The van der Waals surface area contributed by atoms with E-state index in [0.717, 1.165) is 11.8 Å². The highest BCUT2D eigenvalue weighted by Crippen LogP contribution is 2.33. The lowest BCUT2D eigenvalue weighted by atomic mass is 10.0. The number of carbonyl (C=O) groups excluding carboxylic acids is 2. The van der Waals surface area contributed by atoms with Crippen molar-refractivity contribution < 1.29 is 32.6 Å². The Morgan fingerprint density at radius 3 is 2.38 bits per heavy atom. The van der Waals surface area contributed by atoms with Gasteiger partial charge in [0.1, 0.15) is 6.10 Å². The molecule has 1 aromatic carbocycles. The molecule has 3 rings (SSSR count). The SMILES string of the molecule is CC1C(c2ccc(S(C)(=O)=O)cc2)OC(=O)N1CCCCN1CCN(C(=O)O)CCC1=O. The van der Waals surface area contributed by atoms with Gasteiger partial charge in [0.2, 0.25) is 5.91 Å². The Bertz CT molecular complexity index is 964. The van der Waals surface area contributed by atoms with Crippen LogP contribution in [0.2, 0.25) is 0 Å². The zero-order valence-electron chi connectivity index (χ0n) is 18.3. The molecule has 0 bridgehead atoms. The molecule has 176 valence electrons. The number of unbranched alkanes of at least 4 members (excludes halogenated alkanes) is 1. The normalized spacial score (nSPS) is 22.1. The van der Waals surface area contributed by atoms with Crippen LogP contribution < -0.4 is 0 Å². The summed E-state index contributed by atoms with van der Waals surface area (Å²) in [6, 6.07) is 6.14. The van der Waals surface area contributed by atoms with Crippen molar-refractivity contribution in [3.63, 3.8) is 0 Å². The van der Waals surface area contributed by atoms with E-state index in [9.17, 15) is 22.8 Å². The van der Waals surface area contributed by atoms with Crippen LogP contribution >= 0.6 is 0 Å². The Morgan fingerprint density at radius 1 is 1.09 bits per heavy atom. The van der Waals surface area contributed by atoms with E-state index < -0.39 is 28.1 Å². The molecular weight excluding hydrogens is 438 g/mol. The maximum atomic E-state index is 12.4. The van der Waals surface area contributed by atoms with Crippen LogP contribution in [0.25, 0.3) is 0 Å². The van der Waals surface area contributed by atoms with E-state index in [2.05, 4.69) is 0 Å². The highest BCUT2D eigenvalue weighted by atomic mass is 32.2. The van der Waals surface area contributed by atoms with Crippen LogP contribution in [0.4, 0.5) is 9.59 Å². The summed E-state index contributed by atoms with van der Waals surface area (Å²) in [5.74, 6) is -0.0553. The molecule has 2 heterocycles. The number of carboxylic acid groups (broad SMARTS) is 1. The van der Waals surface area contributed by atoms with E-state index in [-0.39, 0.29) is 29.8 Å². The van der Waals surface area contributed by atoms with Gasteiger partial charge in [0.25, 0.3) is 0 Å². The summed E-state index contributed by atoms with van der Waals surface area (Å²) >= 11 is 0. The number of amides is 3. The molecule has 2 atom stereocenters. The summed E-state index contributed by atoms with van der Waals surface area (Å²) in [7, 11) is -3.29. The topological polar surface area (TPSA) is 125 Å². The van der Waals surface area contributed by atoms with Gasteiger partial charge in [-0.15, -0.1) is 0 Å². The minimum absolute atomic E-state index is 0.0553. The van der Waals surface area contributed by atoms with Gasteiger partial charge in [-0.2, -0.15) is 0 Å². The molecule has 2 aliphatic heterocycles. The van der Waals surface area contributed by atoms with Crippen molar-refractivity contribution in [2.75, 3.05) is 39.0 Å². The monoisotopic (exact) mass is 467 g/mol. The molecule has 1 aromatic rings. The maximum absolute atomic E-state index is 12.4. The summed E-state index contributed by atoms with van der Waals surface area (Å²) in [5.41, 5.74) is 0.735. The Balaban J connectivity index is 1.50. The molecule has 0 aliphatic carbocycles. The summed E-state index contributed by atoms with van der Waals surface area (Å²) < 4.78 is 28.8. The van der Waals surface area contributed by atoms with Crippen molar-refractivity contribution in [3.8, 4) is 0 Å². The van der Waals surface area contributed by atoms with E-state index in [4.69, 9.17) is 9.84 Å². The predicted molar refractivity (Wildman–Crippen MR) is 115 cm³/mol. The Hall–Kier alpha value is -2.82. The number of hydrogen-bond donors (Lipinski definition) is 1. The van der Waals surface area contributed by atoms with Gasteiger partial charge in [0.05, 0.1) is 10.9 Å². The van der Waals surface area contributed by atoms with Crippen molar-refractivity contribution in [2.24, 2.45) is 0 Å².